The summed E-state index contributed by atoms with van der Waals surface area (Å²) in [5, 5.41) is 3.73. The van der Waals surface area contributed by atoms with Gasteiger partial charge in [0.1, 0.15) is 5.75 Å². The van der Waals surface area contributed by atoms with E-state index in [-0.39, 0.29) is 17.2 Å². The summed E-state index contributed by atoms with van der Waals surface area (Å²) < 4.78 is 11.8. The van der Waals surface area contributed by atoms with E-state index in [1.54, 1.807) is 54.8 Å². The third-order valence-electron chi connectivity index (χ3n) is 4.19. The van der Waals surface area contributed by atoms with Crippen molar-refractivity contribution < 1.29 is 14.3 Å². The standard InChI is InChI=1S/C19H23N3O4S2/c1-12-10-15-17(28-12)18(24)22(8-9-25-2)19(21-15)27-11-16(23)20-13-4-6-14(26-3)7-5-13/h4-7,12H,8-11H2,1-3H3,(H,20,23)/t12-/m1/s1. The molecule has 3 rings (SSSR count). The van der Waals surface area contributed by atoms with Crippen LogP contribution in [0.4, 0.5) is 5.69 Å². The SMILES string of the molecule is COCCn1c(SCC(=O)Nc2ccc(OC)cc2)nc2c(c1=O)S[C@H](C)C2. The van der Waals surface area contributed by atoms with Crippen LogP contribution in [-0.4, -0.2) is 47.3 Å². The van der Waals surface area contributed by atoms with Gasteiger partial charge in [0, 0.05) is 24.5 Å². The molecule has 0 spiro atoms. The molecular formula is C19H23N3O4S2. The monoisotopic (exact) mass is 421 g/mol. The highest BCUT2D eigenvalue weighted by atomic mass is 32.2. The molecule has 7 nitrogen and oxygen atoms in total. The van der Waals surface area contributed by atoms with Gasteiger partial charge in [0.05, 0.1) is 36.6 Å². The molecule has 150 valence electrons. The van der Waals surface area contributed by atoms with Crippen LogP contribution in [0, 0.1) is 0 Å². The Morgan fingerprint density at radius 3 is 2.79 bits per heavy atom. The van der Waals surface area contributed by atoms with Crippen molar-refractivity contribution in [3.63, 3.8) is 0 Å². The molecule has 1 amide bonds. The molecule has 0 saturated heterocycles. The summed E-state index contributed by atoms with van der Waals surface area (Å²) in [5.41, 5.74) is 1.47. The fraction of sp³-hybridized carbons (Fsp3) is 0.421. The number of amides is 1. The lowest BCUT2D eigenvalue weighted by molar-refractivity contribution is -0.113. The zero-order valence-electron chi connectivity index (χ0n) is 16.1. The quantitative estimate of drug-likeness (QED) is 0.518. The molecule has 1 N–H and O–H groups in total. The molecule has 1 aromatic heterocycles. The molecule has 1 aromatic carbocycles. The number of nitrogens with zero attached hydrogens (tertiary/aromatic N) is 2. The molecule has 0 bridgehead atoms. The number of hydrogen-bond donors (Lipinski definition) is 1. The van der Waals surface area contributed by atoms with Crippen molar-refractivity contribution in [2.24, 2.45) is 0 Å². The summed E-state index contributed by atoms with van der Waals surface area (Å²) in [6, 6.07) is 7.13. The highest BCUT2D eigenvalue weighted by Crippen LogP contribution is 2.34. The van der Waals surface area contributed by atoms with Crippen LogP contribution in [0.1, 0.15) is 12.6 Å². The second-order valence-electron chi connectivity index (χ2n) is 6.32. The Bertz CT molecular complexity index is 899. The highest BCUT2D eigenvalue weighted by Gasteiger charge is 2.26. The van der Waals surface area contributed by atoms with Gasteiger partial charge in [-0.05, 0) is 24.3 Å². The molecule has 0 unspecified atom stereocenters. The number of fused-ring (bicyclic) bond motifs is 1. The van der Waals surface area contributed by atoms with Crippen molar-refractivity contribution in [3.8, 4) is 5.75 Å². The largest absolute Gasteiger partial charge is 0.497 e. The van der Waals surface area contributed by atoms with Crippen molar-refractivity contribution in [1.29, 1.82) is 0 Å². The van der Waals surface area contributed by atoms with Crippen molar-refractivity contribution in [2.45, 2.75) is 35.2 Å². The third kappa shape index (κ3) is 4.89. The third-order valence-corrected chi connectivity index (χ3v) is 6.38. The van der Waals surface area contributed by atoms with Crippen LogP contribution in [0.2, 0.25) is 0 Å². The van der Waals surface area contributed by atoms with E-state index in [2.05, 4.69) is 17.2 Å². The minimum atomic E-state index is -0.161. The summed E-state index contributed by atoms with van der Waals surface area (Å²) in [5.74, 6) is 0.724. The molecule has 1 atom stereocenters. The molecule has 0 fully saturated rings. The smallest absolute Gasteiger partial charge is 0.268 e. The molecule has 2 aromatic rings. The lowest BCUT2D eigenvalue weighted by atomic mass is 10.2. The average Bonchev–Trinajstić information content (AvgIpc) is 3.07. The predicted octanol–water partition coefficient (Wildman–Crippen LogP) is 2.67. The summed E-state index contributed by atoms with van der Waals surface area (Å²) in [7, 11) is 3.19. The average molecular weight is 422 g/mol. The van der Waals surface area contributed by atoms with E-state index < -0.39 is 0 Å². The van der Waals surface area contributed by atoms with Crippen molar-refractivity contribution in [3.05, 3.63) is 40.3 Å². The van der Waals surface area contributed by atoms with Crippen LogP contribution < -0.4 is 15.6 Å². The zero-order valence-corrected chi connectivity index (χ0v) is 17.7. The number of benzene rings is 1. The first-order chi connectivity index (χ1) is 13.5. The van der Waals surface area contributed by atoms with Gasteiger partial charge in [0.15, 0.2) is 5.16 Å². The first kappa shape index (κ1) is 20.8. The number of methoxy groups -OCH3 is 2. The van der Waals surface area contributed by atoms with Gasteiger partial charge in [-0.25, -0.2) is 4.98 Å². The lowest BCUT2D eigenvalue weighted by Crippen LogP contribution is -2.27. The minimum Gasteiger partial charge on any atom is -0.497 e. The molecule has 0 saturated carbocycles. The second kappa shape index (κ2) is 9.49. The van der Waals surface area contributed by atoms with Gasteiger partial charge in [-0.1, -0.05) is 18.7 Å². The van der Waals surface area contributed by atoms with E-state index in [1.807, 2.05) is 0 Å². The summed E-state index contributed by atoms with van der Waals surface area (Å²) in [6.07, 6.45) is 0.770. The second-order valence-corrected chi connectivity index (χ2v) is 8.71. The van der Waals surface area contributed by atoms with Crippen LogP contribution in [0.3, 0.4) is 0 Å². The van der Waals surface area contributed by atoms with Gasteiger partial charge in [0.25, 0.3) is 5.56 Å². The molecule has 2 heterocycles. The van der Waals surface area contributed by atoms with Gasteiger partial charge in [0.2, 0.25) is 5.91 Å². The van der Waals surface area contributed by atoms with Crippen molar-refractivity contribution in [1.82, 2.24) is 9.55 Å². The fourth-order valence-electron chi connectivity index (χ4n) is 2.82. The highest BCUT2D eigenvalue weighted by molar-refractivity contribution is 8.00. The van der Waals surface area contributed by atoms with Gasteiger partial charge >= 0.3 is 0 Å². The zero-order chi connectivity index (χ0) is 20.1. The molecule has 1 aliphatic heterocycles. The number of ether oxygens (including phenoxy) is 2. The number of carbonyl (C=O) groups excluding carboxylic acids is 1. The first-order valence-electron chi connectivity index (χ1n) is 8.87. The number of nitrogens with one attached hydrogen (secondary N) is 1. The van der Waals surface area contributed by atoms with E-state index in [4.69, 9.17) is 9.47 Å². The minimum absolute atomic E-state index is 0.0468. The molecule has 28 heavy (non-hydrogen) atoms. The van der Waals surface area contributed by atoms with E-state index >= 15 is 0 Å². The first-order valence-corrected chi connectivity index (χ1v) is 10.7. The predicted molar refractivity (Wildman–Crippen MR) is 112 cm³/mol. The van der Waals surface area contributed by atoms with Gasteiger partial charge in [-0.3, -0.25) is 14.2 Å². The maximum atomic E-state index is 12.8. The normalized spacial score (nSPS) is 15.3. The topological polar surface area (TPSA) is 82.4 Å². The lowest BCUT2D eigenvalue weighted by Gasteiger charge is -2.13. The van der Waals surface area contributed by atoms with Gasteiger partial charge in [-0.15, -0.1) is 11.8 Å². The summed E-state index contributed by atoms with van der Waals surface area (Å²) in [6.45, 7) is 2.90. The number of aromatic nitrogens is 2. The fourth-order valence-corrected chi connectivity index (χ4v) is 4.78. The van der Waals surface area contributed by atoms with E-state index in [1.165, 1.54) is 11.8 Å². The van der Waals surface area contributed by atoms with E-state index in [9.17, 15) is 9.59 Å². The summed E-state index contributed by atoms with van der Waals surface area (Å²) >= 11 is 2.83. The maximum Gasteiger partial charge on any atom is 0.268 e. The van der Waals surface area contributed by atoms with Crippen molar-refractivity contribution in [2.75, 3.05) is 31.9 Å². The molecule has 9 heteroatoms. The molecule has 0 aliphatic carbocycles. The van der Waals surface area contributed by atoms with Crippen LogP contribution in [0.25, 0.3) is 0 Å². The Morgan fingerprint density at radius 2 is 2.11 bits per heavy atom. The summed E-state index contributed by atoms with van der Waals surface area (Å²) in [4.78, 5) is 30.6. The number of hydrogen-bond acceptors (Lipinski definition) is 7. The van der Waals surface area contributed by atoms with Gasteiger partial charge in [-0.2, -0.15) is 0 Å². The number of anilines is 1. The van der Waals surface area contributed by atoms with Gasteiger partial charge < -0.3 is 14.8 Å². The number of rotatable bonds is 8. The van der Waals surface area contributed by atoms with E-state index in [0.29, 0.717) is 29.2 Å². The van der Waals surface area contributed by atoms with Crippen molar-refractivity contribution >= 4 is 35.1 Å². The Morgan fingerprint density at radius 1 is 1.36 bits per heavy atom. The van der Waals surface area contributed by atoms with Crippen LogP contribution >= 0.6 is 23.5 Å². The van der Waals surface area contributed by atoms with E-state index in [0.717, 1.165) is 22.8 Å². The Hall–Kier alpha value is -1.97. The van der Waals surface area contributed by atoms with Crippen LogP contribution in [0.15, 0.2) is 39.1 Å². The Kier molecular flexibility index (Phi) is 7.03. The maximum absolute atomic E-state index is 12.8. The number of carbonyl (C=O) groups is 1. The Labute approximate surface area is 172 Å². The molecular weight excluding hydrogens is 398 g/mol. The molecule has 1 aliphatic rings. The number of thioether (sulfide) groups is 2. The Balaban J connectivity index is 1.71. The van der Waals surface area contributed by atoms with Crippen LogP contribution in [-0.2, 0) is 22.5 Å². The molecule has 0 radical (unpaired) electrons. The van der Waals surface area contributed by atoms with Crippen LogP contribution in [0.5, 0.6) is 5.75 Å².